The van der Waals surface area contributed by atoms with Crippen LogP contribution in [0.25, 0.3) is 0 Å². The van der Waals surface area contributed by atoms with Gasteiger partial charge in [-0.3, -0.25) is 0 Å². The lowest BCUT2D eigenvalue weighted by molar-refractivity contribution is 0.0914. The second-order valence-electron chi connectivity index (χ2n) is 8.40. The minimum absolute atomic E-state index is 0.0205. The molecule has 188 valence electrons. The fourth-order valence-electron chi connectivity index (χ4n) is 4.07. The summed E-state index contributed by atoms with van der Waals surface area (Å²) in [4.78, 5) is 0.0676. The van der Waals surface area contributed by atoms with Gasteiger partial charge >= 0.3 is 0 Å². The van der Waals surface area contributed by atoms with E-state index in [1.807, 2.05) is 30.3 Å². The van der Waals surface area contributed by atoms with Crippen molar-refractivity contribution in [2.45, 2.75) is 48.7 Å². The first kappa shape index (κ1) is 25.6. The van der Waals surface area contributed by atoms with E-state index in [4.69, 9.17) is 9.15 Å². The summed E-state index contributed by atoms with van der Waals surface area (Å²) in [5.74, 6) is 0.519. The quantitative estimate of drug-likeness (QED) is 0.382. The highest BCUT2D eigenvalue weighted by Gasteiger charge is 2.31. The van der Waals surface area contributed by atoms with E-state index in [1.165, 1.54) is 39.1 Å². The van der Waals surface area contributed by atoms with E-state index in [1.54, 1.807) is 19.1 Å². The zero-order valence-electron chi connectivity index (χ0n) is 19.6. The van der Waals surface area contributed by atoms with E-state index in [2.05, 4.69) is 0 Å². The predicted octanol–water partition coefficient (Wildman–Crippen LogP) is 3.86. The van der Waals surface area contributed by atoms with Gasteiger partial charge in [-0.25, -0.2) is 16.8 Å². The third-order valence-corrected chi connectivity index (χ3v) is 9.76. The van der Waals surface area contributed by atoms with Gasteiger partial charge in [-0.1, -0.05) is 37.3 Å². The van der Waals surface area contributed by atoms with Gasteiger partial charge in [0.2, 0.25) is 20.0 Å². The van der Waals surface area contributed by atoms with E-state index in [9.17, 15) is 16.8 Å². The molecule has 0 N–H and O–H groups in total. The van der Waals surface area contributed by atoms with Gasteiger partial charge in [-0.05, 0) is 54.8 Å². The van der Waals surface area contributed by atoms with Crippen molar-refractivity contribution in [1.82, 2.24) is 8.61 Å². The minimum Gasteiger partial charge on any atom is -0.468 e. The molecule has 0 radical (unpaired) electrons. The second kappa shape index (κ2) is 11.0. The maximum absolute atomic E-state index is 13.5. The van der Waals surface area contributed by atoms with Crippen molar-refractivity contribution >= 4 is 20.0 Å². The lowest BCUT2D eigenvalue weighted by Crippen LogP contribution is -2.37. The van der Waals surface area contributed by atoms with Crippen molar-refractivity contribution < 1.29 is 26.0 Å². The molecule has 1 saturated heterocycles. The summed E-state index contributed by atoms with van der Waals surface area (Å²) in [6, 6.07) is 18.2. The zero-order valence-corrected chi connectivity index (χ0v) is 21.2. The van der Waals surface area contributed by atoms with Crippen LogP contribution in [0.15, 0.2) is 87.2 Å². The molecule has 3 aromatic rings. The number of furan rings is 1. The van der Waals surface area contributed by atoms with Gasteiger partial charge < -0.3 is 9.15 Å². The third kappa shape index (κ3) is 6.02. The Labute approximate surface area is 207 Å². The van der Waals surface area contributed by atoms with Crippen LogP contribution in [0, 0.1) is 0 Å². The van der Waals surface area contributed by atoms with Crippen LogP contribution in [0.5, 0.6) is 0 Å². The van der Waals surface area contributed by atoms with E-state index in [0.717, 1.165) is 18.4 Å². The summed E-state index contributed by atoms with van der Waals surface area (Å²) in [6.45, 7) is 3.17. The molecule has 2 aromatic carbocycles. The molecule has 0 bridgehead atoms. The maximum Gasteiger partial charge on any atom is 0.243 e. The smallest absolute Gasteiger partial charge is 0.243 e. The molecule has 10 heteroatoms. The second-order valence-corrected chi connectivity index (χ2v) is 12.3. The van der Waals surface area contributed by atoms with Crippen LogP contribution in [-0.4, -0.2) is 51.2 Å². The largest absolute Gasteiger partial charge is 0.468 e. The Morgan fingerprint density at radius 3 is 2.03 bits per heavy atom. The van der Waals surface area contributed by atoms with Crippen LogP contribution in [0.2, 0.25) is 0 Å². The lowest BCUT2D eigenvalue weighted by atomic mass is 10.2. The maximum atomic E-state index is 13.5. The van der Waals surface area contributed by atoms with Gasteiger partial charge in [0.25, 0.3) is 0 Å². The van der Waals surface area contributed by atoms with Gasteiger partial charge in [0.1, 0.15) is 5.76 Å². The molecule has 35 heavy (non-hydrogen) atoms. The summed E-state index contributed by atoms with van der Waals surface area (Å²) in [6.07, 6.45) is 3.00. The molecular formula is C25H30N2O6S2. The topological polar surface area (TPSA) is 97.1 Å². The van der Waals surface area contributed by atoms with E-state index in [-0.39, 0.29) is 42.1 Å². The van der Waals surface area contributed by atoms with Gasteiger partial charge in [-0.2, -0.15) is 8.61 Å². The number of nitrogens with zero attached hydrogens (tertiary/aromatic N) is 2. The Morgan fingerprint density at radius 2 is 1.49 bits per heavy atom. The fourth-order valence-corrected chi connectivity index (χ4v) is 6.95. The van der Waals surface area contributed by atoms with Gasteiger partial charge in [0.15, 0.2) is 0 Å². The molecule has 1 unspecified atom stereocenters. The Kier molecular flexibility index (Phi) is 8.08. The summed E-state index contributed by atoms with van der Waals surface area (Å²) in [7, 11) is -7.72. The van der Waals surface area contributed by atoms with Crippen LogP contribution in [0.1, 0.15) is 31.1 Å². The number of benzene rings is 2. The Bertz CT molecular complexity index is 1290. The summed E-state index contributed by atoms with van der Waals surface area (Å²) in [5, 5.41) is 0. The Hall–Kier alpha value is -2.50. The third-order valence-electron chi connectivity index (χ3n) is 6.00. The number of hydrogen-bond acceptors (Lipinski definition) is 6. The van der Waals surface area contributed by atoms with Gasteiger partial charge in [0.05, 0.1) is 28.7 Å². The van der Waals surface area contributed by atoms with E-state index in [0.29, 0.717) is 12.4 Å². The highest BCUT2D eigenvalue weighted by molar-refractivity contribution is 7.89. The molecule has 1 fully saturated rings. The molecule has 0 amide bonds. The van der Waals surface area contributed by atoms with Crippen molar-refractivity contribution in [3.63, 3.8) is 0 Å². The number of hydrogen-bond donors (Lipinski definition) is 0. The van der Waals surface area contributed by atoms with Crippen molar-refractivity contribution in [3.05, 3.63) is 84.3 Å². The van der Waals surface area contributed by atoms with Crippen LogP contribution in [-0.2, 0) is 37.9 Å². The van der Waals surface area contributed by atoms with E-state index < -0.39 is 20.0 Å². The molecule has 1 atom stereocenters. The van der Waals surface area contributed by atoms with Crippen LogP contribution >= 0.6 is 0 Å². The van der Waals surface area contributed by atoms with Crippen LogP contribution in [0.4, 0.5) is 0 Å². The fraction of sp³-hybridized carbons (Fsp3) is 0.360. The standard InChI is InChI=1S/C25H30N2O6S2/c1-2-26(18-21-8-4-3-5-9-21)34(28,29)24-12-14-25(15-13-24)35(30,31)27(19-22-10-6-16-32-22)20-23-11-7-17-33-23/h3-6,8-10,12-16,23H,2,7,11,17-20H2,1H3. The van der Waals surface area contributed by atoms with Crippen molar-refractivity contribution in [2.24, 2.45) is 0 Å². The van der Waals surface area contributed by atoms with Crippen molar-refractivity contribution in [2.75, 3.05) is 19.7 Å². The lowest BCUT2D eigenvalue weighted by Gasteiger charge is -2.24. The Balaban J connectivity index is 1.57. The average molecular weight is 519 g/mol. The number of sulfonamides is 2. The molecule has 8 nitrogen and oxygen atoms in total. The van der Waals surface area contributed by atoms with Crippen LogP contribution in [0.3, 0.4) is 0 Å². The molecule has 0 aliphatic carbocycles. The highest BCUT2D eigenvalue weighted by atomic mass is 32.2. The highest BCUT2D eigenvalue weighted by Crippen LogP contribution is 2.25. The average Bonchev–Trinajstić information content (AvgIpc) is 3.57. The first-order valence-electron chi connectivity index (χ1n) is 11.6. The van der Waals surface area contributed by atoms with E-state index >= 15 is 0 Å². The van der Waals surface area contributed by atoms with Crippen molar-refractivity contribution in [1.29, 1.82) is 0 Å². The zero-order chi connectivity index (χ0) is 24.9. The molecule has 2 heterocycles. The SMILES string of the molecule is CCN(Cc1ccccc1)S(=O)(=O)c1ccc(S(=O)(=O)N(Cc2ccco2)CC2CCCO2)cc1. The predicted molar refractivity (Wildman–Crippen MR) is 131 cm³/mol. The molecule has 0 saturated carbocycles. The van der Waals surface area contributed by atoms with Crippen molar-refractivity contribution in [3.8, 4) is 0 Å². The number of ether oxygens (including phenoxy) is 1. The molecule has 1 aromatic heterocycles. The molecule has 1 aliphatic rings. The van der Waals surface area contributed by atoms with Gasteiger partial charge in [0, 0.05) is 26.2 Å². The van der Waals surface area contributed by atoms with Gasteiger partial charge in [-0.15, -0.1) is 0 Å². The first-order valence-corrected chi connectivity index (χ1v) is 14.5. The Morgan fingerprint density at radius 1 is 0.829 bits per heavy atom. The summed E-state index contributed by atoms with van der Waals surface area (Å²) in [5.41, 5.74) is 0.875. The summed E-state index contributed by atoms with van der Waals surface area (Å²) < 4.78 is 67.2. The molecule has 4 rings (SSSR count). The normalized spacial score (nSPS) is 16.8. The number of rotatable bonds is 11. The summed E-state index contributed by atoms with van der Waals surface area (Å²) >= 11 is 0. The molecule has 0 spiro atoms. The molecule has 1 aliphatic heterocycles. The monoisotopic (exact) mass is 518 g/mol. The minimum atomic E-state index is -3.92. The van der Waals surface area contributed by atoms with Crippen LogP contribution < -0.4 is 0 Å². The molecular weight excluding hydrogens is 488 g/mol. The first-order chi connectivity index (χ1) is 16.8.